The number of hydrogen-bond donors (Lipinski definition) is 2. The van der Waals surface area contributed by atoms with E-state index in [2.05, 4.69) is 4.99 Å². The molecule has 0 fully saturated rings. The Bertz CT molecular complexity index is 694. The molecular weight excluding hydrogens is 298 g/mol. The summed E-state index contributed by atoms with van der Waals surface area (Å²) in [4.78, 5) is 29.8. The van der Waals surface area contributed by atoms with Gasteiger partial charge in [0, 0.05) is 38.3 Å². The average Bonchev–Trinajstić information content (AvgIpc) is 2.54. The van der Waals surface area contributed by atoms with Gasteiger partial charge in [0.15, 0.2) is 0 Å². The van der Waals surface area contributed by atoms with Crippen LogP contribution in [0.25, 0.3) is 0 Å². The van der Waals surface area contributed by atoms with Crippen LogP contribution in [0.5, 0.6) is 0 Å². The van der Waals surface area contributed by atoms with E-state index in [-0.39, 0.29) is 5.56 Å². The molecule has 23 heavy (non-hydrogen) atoms. The van der Waals surface area contributed by atoms with Gasteiger partial charge in [-0.25, -0.2) is 14.6 Å². The van der Waals surface area contributed by atoms with Crippen LogP contribution in [0.15, 0.2) is 40.5 Å². The fourth-order valence-corrected chi connectivity index (χ4v) is 2.80. The summed E-state index contributed by atoms with van der Waals surface area (Å²) in [5, 5.41) is 18.0. The van der Waals surface area contributed by atoms with Crippen molar-refractivity contribution in [2.24, 2.45) is 4.99 Å². The maximum absolute atomic E-state index is 11.1. The van der Waals surface area contributed by atoms with Gasteiger partial charge >= 0.3 is 12.1 Å². The fourth-order valence-electron chi connectivity index (χ4n) is 2.80. The Morgan fingerprint density at radius 1 is 1.13 bits per heavy atom. The number of carboxylic acid groups (broad SMARTS) is 2. The number of carbonyl (C=O) groups is 2. The third kappa shape index (κ3) is 3.33. The Hall–Kier alpha value is -2.83. The lowest BCUT2D eigenvalue weighted by molar-refractivity contribution is 0.0696. The van der Waals surface area contributed by atoms with Crippen molar-refractivity contribution in [1.29, 1.82) is 0 Å². The first-order chi connectivity index (χ1) is 11.0. The highest BCUT2D eigenvalue weighted by Crippen LogP contribution is 2.23. The van der Waals surface area contributed by atoms with Gasteiger partial charge in [0.05, 0.1) is 11.9 Å². The van der Waals surface area contributed by atoms with Gasteiger partial charge in [-0.15, -0.1) is 0 Å². The lowest BCUT2D eigenvalue weighted by Gasteiger charge is -2.33. The van der Waals surface area contributed by atoms with E-state index in [1.54, 1.807) is 30.6 Å². The van der Waals surface area contributed by atoms with Gasteiger partial charge in [0.1, 0.15) is 0 Å². The van der Waals surface area contributed by atoms with E-state index in [4.69, 9.17) is 10.2 Å². The summed E-state index contributed by atoms with van der Waals surface area (Å²) in [7, 11) is 0. The Labute approximate surface area is 133 Å². The van der Waals surface area contributed by atoms with Crippen LogP contribution in [-0.2, 0) is 6.54 Å². The molecule has 7 heteroatoms. The first-order valence-electron chi connectivity index (χ1n) is 7.32. The van der Waals surface area contributed by atoms with E-state index in [1.807, 2.05) is 4.90 Å². The molecule has 0 bridgehead atoms. The van der Waals surface area contributed by atoms with Crippen LogP contribution < -0.4 is 0 Å². The van der Waals surface area contributed by atoms with Crippen LogP contribution in [0.4, 0.5) is 4.79 Å². The number of amides is 1. The van der Waals surface area contributed by atoms with Crippen molar-refractivity contribution < 1.29 is 19.8 Å². The zero-order chi connectivity index (χ0) is 16.4. The molecule has 1 amide bonds. The maximum Gasteiger partial charge on any atom is 0.407 e. The molecule has 0 aromatic heterocycles. The van der Waals surface area contributed by atoms with Gasteiger partial charge in [0.2, 0.25) is 0 Å². The van der Waals surface area contributed by atoms with E-state index in [9.17, 15) is 9.59 Å². The molecule has 1 aromatic rings. The number of aliphatic imine (C=N–C) groups is 1. The lowest BCUT2D eigenvalue weighted by Crippen LogP contribution is -2.40. The van der Waals surface area contributed by atoms with Crippen LogP contribution in [0.3, 0.4) is 0 Å². The molecule has 0 unspecified atom stereocenters. The third-order valence-corrected chi connectivity index (χ3v) is 4.04. The molecule has 3 rings (SSSR count). The van der Waals surface area contributed by atoms with Gasteiger partial charge in [-0.3, -0.25) is 0 Å². The summed E-state index contributed by atoms with van der Waals surface area (Å²) in [5.41, 5.74) is 3.26. The summed E-state index contributed by atoms with van der Waals surface area (Å²) in [6.45, 7) is 2.13. The summed E-state index contributed by atoms with van der Waals surface area (Å²) < 4.78 is 0. The predicted octanol–water partition coefficient (Wildman–Crippen LogP) is 1.87. The standard InChI is InChI=1S/C16H17N3O4/c20-15(21)12-3-1-11(2-4-12)7-18-8-13-9-19(16(22)23)6-5-14(13)17-10-18/h1-4,10H,5-9H2,(H,20,21)(H,22,23). The number of rotatable bonds is 3. The van der Waals surface area contributed by atoms with Gasteiger partial charge in [-0.1, -0.05) is 12.1 Å². The van der Waals surface area contributed by atoms with Crippen molar-refractivity contribution in [3.05, 3.63) is 46.7 Å². The van der Waals surface area contributed by atoms with Crippen molar-refractivity contribution in [3.63, 3.8) is 0 Å². The zero-order valence-electron chi connectivity index (χ0n) is 12.5. The molecule has 0 atom stereocenters. The largest absolute Gasteiger partial charge is 0.478 e. The van der Waals surface area contributed by atoms with Crippen molar-refractivity contribution in [3.8, 4) is 0 Å². The predicted molar refractivity (Wildman–Crippen MR) is 83.5 cm³/mol. The Morgan fingerprint density at radius 3 is 2.52 bits per heavy atom. The van der Waals surface area contributed by atoms with Crippen molar-refractivity contribution in [1.82, 2.24) is 9.80 Å². The number of nitrogens with zero attached hydrogens (tertiary/aromatic N) is 3. The minimum Gasteiger partial charge on any atom is -0.478 e. The third-order valence-electron chi connectivity index (χ3n) is 4.04. The van der Waals surface area contributed by atoms with Gasteiger partial charge in [0.25, 0.3) is 0 Å². The number of benzene rings is 1. The average molecular weight is 315 g/mol. The van der Waals surface area contributed by atoms with Crippen LogP contribution in [0.2, 0.25) is 0 Å². The molecule has 0 aliphatic carbocycles. The molecular formula is C16H17N3O4. The quantitative estimate of drug-likeness (QED) is 0.888. The fraction of sp³-hybridized carbons (Fsp3) is 0.312. The topological polar surface area (TPSA) is 93.4 Å². The molecule has 1 aromatic carbocycles. The maximum atomic E-state index is 11.1. The Balaban J connectivity index is 1.65. The highest BCUT2D eigenvalue weighted by molar-refractivity contribution is 5.87. The summed E-state index contributed by atoms with van der Waals surface area (Å²) in [6, 6.07) is 6.73. The molecule has 120 valence electrons. The normalized spacial score (nSPS) is 17.2. The summed E-state index contributed by atoms with van der Waals surface area (Å²) in [5.74, 6) is -0.943. The van der Waals surface area contributed by atoms with E-state index in [1.165, 1.54) is 4.90 Å². The van der Waals surface area contributed by atoms with Crippen molar-refractivity contribution >= 4 is 18.4 Å². The smallest absolute Gasteiger partial charge is 0.407 e. The SMILES string of the molecule is O=C(O)c1ccc(CN2C=NC3=C(C2)CN(C(=O)O)CC3)cc1. The molecule has 0 radical (unpaired) electrons. The molecule has 0 spiro atoms. The summed E-state index contributed by atoms with van der Waals surface area (Å²) in [6.07, 6.45) is 1.53. The van der Waals surface area contributed by atoms with Crippen LogP contribution >= 0.6 is 0 Å². The number of carboxylic acids is 1. The molecule has 7 nitrogen and oxygen atoms in total. The molecule has 0 saturated heterocycles. The van der Waals surface area contributed by atoms with E-state index < -0.39 is 12.1 Å². The van der Waals surface area contributed by atoms with Crippen molar-refractivity contribution in [2.45, 2.75) is 13.0 Å². The molecule has 0 saturated carbocycles. The van der Waals surface area contributed by atoms with Crippen LogP contribution in [0, 0.1) is 0 Å². The molecule has 2 aliphatic rings. The highest BCUT2D eigenvalue weighted by atomic mass is 16.4. The van der Waals surface area contributed by atoms with Crippen LogP contribution in [-0.4, -0.2) is 58.0 Å². The Kier molecular flexibility index (Phi) is 4.01. The van der Waals surface area contributed by atoms with Crippen molar-refractivity contribution in [2.75, 3.05) is 19.6 Å². The minimum atomic E-state index is -0.943. The molecule has 2 heterocycles. The molecule has 2 aliphatic heterocycles. The van der Waals surface area contributed by atoms with E-state index in [0.29, 0.717) is 32.6 Å². The van der Waals surface area contributed by atoms with Gasteiger partial charge < -0.3 is 20.0 Å². The van der Waals surface area contributed by atoms with E-state index >= 15 is 0 Å². The monoisotopic (exact) mass is 315 g/mol. The minimum absolute atomic E-state index is 0.260. The lowest BCUT2D eigenvalue weighted by atomic mass is 10.0. The second kappa shape index (κ2) is 6.12. The number of aromatic carboxylic acids is 1. The first kappa shape index (κ1) is 15.1. The second-order valence-electron chi connectivity index (χ2n) is 5.66. The Morgan fingerprint density at radius 2 is 1.87 bits per heavy atom. The zero-order valence-corrected chi connectivity index (χ0v) is 12.5. The van der Waals surface area contributed by atoms with E-state index in [0.717, 1.165) is 16.8 Å². The molecule has 2 N–H and O–H groups in total. The highest BCUT2D eigenvalue weighted by Gasteiger charge is 2.25. The second-order valence-corrected chi connectivity index (χ2v) is 5.66. The number of hydrogen-bond acceptors (Lipinski definition) is 4. The summed E-state index contributed by atoms with van der Waals surface area (Å²) >= 11 is 0. The van der Waals surface area contributed by atoms with Gasteiger partial charge in [-0.05, 0) is 23.3 Å². The first-order valence-corrected chi connectivity index (χ1v) is 7.32. The van der Waals surface area contributed by atoms with Gasteiger partial charge in [-0.2, -0.15) is 0 Å². The van der Waals surface area contributed by atoms with Crippen LogP contribution in [0.1, 0.15) is 22.3 Å².